The fourth-order valence-electron chi connectivity index (χ4n) is 1.58. The first kappa shape index (κ1) is 10.2. The van der Waals surface area contributed by atoms with Gasteiger partial charge in [0.2, 0.25) is 0 Å². The number of nitrogens with zero attached hydrogens (tertiary/aromatic N) is 1. The van der Waals surface area contributed by atoms with E-state index in [0.29, 0.717) is 5.02 Å². The van der Waals surface area contributed by atoms with Crippen molar-refractivity contribution in [3.05, 3.63) is 40.1 Å². The molecule has 0 atom stereocenters. The van der Waals surface area contributed by atoms with E-state index in [9.17, 15) is 0 Å². The van der Waals surface area contributed by atoms with Crippen LogP contribution in [0.25, 0.3) is 11.3 Å². The van der Waals surface area contributed by atoms with Crippen LogP contribution in [0.5, 0.6) is 0 Å². The molecule has 0 N–H and O–H groups in total. The van der Waals surface area contributed by atoms with E-state index in [1.807, 2.05) is 39.0 Å². The molecule has 0 spiro atoms. The van der Waals surface area contributed by atoms with Gasteiger partial charge in [-0.05, 0) is 32.4 Å². The summed E-state index contributed by atoms with van der Waals surface area (Å²) in [5.74, 6) is 0.837. The molecule has 78 valence electrons. The van der Waals surface area contributed by atoms with Crippen molar-refractivity contribution in [2.75, 3.05) is 0 Å². The lowest BCUT2D eigenvalue weighted by Gasteiger charge is -2.05. The van der Waals surface area contributed by atoms with E-state index in [-0.39, 0.29) is 0 Å². The van der Waals surface area contributed by atoms with Gasteiger partial charge in [-0.15, -0.1) is 0 Å². The van der Waals surface area contributed by atoms with Crippen molar-refractivity contribution >= 4 is 11.6 Å². The first-order chi connectivity index (χ1) is 7.11. The molecule has 0 aliphatic carbocycles. The maximum Gasteiger partial charge on any atom is 0.137 e. The lowest BCUT2D eigenvalue weighted by molar-refractivity contribution is 0.398. The Labute approximate surface area is 93.9 Å². The average Bonchev–Trinajstić information content (AvgIpc) is 2.49. The highest BCUT2D eigenvalue weighted by Crippen LogP contribution is 2.33. The van der Waals surface area contributed by atoms with Crippen LogP contribution in [-0.2, 0) is 0 Å². The normalized spacial score (nSPS) is 10.7. The molecule has 0 saturated heterocycles. The van der Waals surface area contributed by atoms with E-state index in [4.69, 9.17) is 16.1 Å². The second kappa shape index (κ2) is 3.70. The van der Waals surface area contributed by atoms with Crippen molar-refractivity contribution < 1.29 is 4.52 Å². The minimum atomic E-state index is 0.714. The van der Waals surface area contributed by atoms with E-state index < -0.39 is 0 Å². The Hall–Kier alpha value is -1.28. The number of hydrogen-bond donors (Lipinski definition) is 0. The molecule has 1 aromatic heterocycles. The maximum absolute atomic E-state index is 6.16. The monoisotopic (exact) mass is 221 g/mol. The van der Waals surface area contributed by atoms with Gasteiger partial charge >= 0.3 is 0 Å². The molecule has 0 unspecified atom stereocenters. The molecule has 0 fully saturated rings. The topological polar surface area (TPSA) is 26.0 Å². The van der Waals surface area contributed by atoms with Crippen molar-refractivity contribution in [3.8, 4) is 11.3 Å². The summed E-state index contributed by atoms with van der Waals surface area (Å²) >= 11 is 6.16. The first-order valence-corrected chi connectivity index (χ1v) is 5.17. The van der Waals surface area contributed by atoms with E-state index in [1.165, 1.54) is 0 Å². The van der Waals surface area contributed by atoms with Crippen LogP contribution in [-0.4, -0.2) is 5.16 Å². The SMILES string of the molecule is Cc1cccc(Cl)c1-c1noc(C)c1C. The minimum Gasteiger partial charge on any atom is -0.361 e. The summed E-state index contributed by atoms with van der Waals surface area (Å²) < 4.78 is 5.15. The van der Waals surface area contributed by atoms with Crippen molar-refractivity contribution in [2.24, 2.45) is 0 Å². The van der Waals surface area contributed by atoms with Gasteiger partial charge in [-0.3, -0.25) is 0 Å². The minimum absolute atomic E-state index is 0.714. The summed E-state index contributed by atoms with van der Waals surface area (Å²) in [5.41, 5.74) is 3.97. The lowest BCUT2D eigenvalue weighted by atomic mass is 10.0. The van der Waals surface area contributed by atoms with Gasteiger partial charge in [0.1, 0.15) is 11.5 Å². The Morgan fingerprint density at radius 3 is 2.47 bits per heavy atom. The molecule has 2 nitrogen and oxygen atoms in total. The molecule has 0 amide bonds. The van der Waals surface area contributed by atoms with Crippen molar-refractivity contribution in [3.63, 3.8) is 0 Å². The zero-order valence-electron chi connectivity index (χ0n) is 8.97. The highest BCUT2D eigenvalue weighted by Gasteiger charge is 2.15. The predicted octanol–water partition coefficient (Wildman–Crippen LogP) is 3.92. The van der Waals surface area contributed by atoms with Gasteiger partial charge < -0.3 is 4.52 Å². The molecular weight excluding hydrogens is 210 g/mol. The van der Waals surface area contributed by atoms with E-state index >= 15 is 0 Å². The number of rotatable bonds is 1. The van der Waals surface area contributed by atoms with Crippen molar-refractivity contribution in [2.45, 2.75) is 20.8 Å². The molecule has 0 radical (unpaired) electrons. The summed E-state index contributed by atoms with van der Waals surface area (Å²) in [7, 11) is 0. The summed E-state index contributed by atoms with van der Waals surface area (Å²) in [5, 5.41) is 4.76. The van der Waals surface area contributed by atoms with E-state index in [0.717, 1.165) is 28.1 Å². The standard InChI is InChI=1S/C12H12ClNO/c1-7-5-4-6-10(13)11(7)12-8(2)9(3)15-14-12/h4-6H,1-3H3. The Kier molecular flexibility index (Phi) is 2.53. The number of hydrogen-bond acceptors (Lipinski definition) is 2. The fourth-order valence-corrected chi connectivity index (χ4v) is 1.89. The van der Waals surface area contributed by atoms with Crippen LogP contribution in [0.3, 0.4) is 0 Å². The fraction of sp³-hybridized carbons (Fsp3) is 0.250. The lowest BCUT2D eigenvalue weighted by Crippen LogP contribution is -1.87. The number of halogens is 1. The summed E-state index contributed by atoms with van der Waals surface area (Å²) in [6.45, 7) is 5.91. The molecular formula is C12H12ClNO. The Morgan fingerprint density at radius 1 is 1.20 bits per heavy atom. The summed E-state index contributed by atoms with van der Waals surface area (Å²) in [6, 6.07) is 5.82. The van der Waals surface area contributed by atoms with Gasteiger partial charge in [-0.1, -0.05) is 28.9 Å². The zero-order valence-corrected chi connectivity index (χ0v) is 9.72. The van der Waals surface area contributed by atoms with Gasteiger partial charge in [-0.2, -0.15) is 0 Å². The molecule has 2 aromatic rings. The largest absolute Gasteiger partial charge is 0.361 e. The maximum atomic E-state index is 6.16. The molecule has 1 aromatic carbocycles. The third kappa shape index (κ3) is 1.65. The zero-order chi connectivity index (χ0) is 11.0. The smallest absolute Gasteiger partial charge is 0.137 e. The Bertz CT molecular complexity index is 482. The van der Waals surface area contributed by atoms with Crippen LogP contribution >= 0.6 is 11.6 Å². The quantitative estimate of drug-likeness (QED) is 0.730. The van der Waals surface area contributed by atoms with Crippen LogP contribution in [0.4, 0.5) is 0 Å². The van der Waals surface area contributed by atoms with Crippen LogP contribution < -0.4 is 0 Å². The van der Waals surface area contributed by atoms with E-state index in [2.05, 4.69) is 5.16 Å². The highest BCUT2D eigenvalue weighted by molar-refractivity contribution is 6.33. The van der Waals surface area contributed by atoms with Crippen molar-refractivity contribution in [1.29, 1.82) is 0 Å². The Balaban J connectivity index is 2.69. The van der Waals surface area contributed by atoms with Gasteiger partial charge in [0.05, 0.1) is 5.02 Å². The first-order valence-electron chi connectivity index (χ1n) is 4.79. The van der Waals surface area contributed by atoms with Crippen LogP contribution in [0, 0.1) is 20.8 Å². The average molecular weight is 222 g/mol. The highest BCUT2D eigenvalue weighted by atomic mass is 35.5. The molecule has 0 bridgehead atoms. The van der Waals surface area contributed by atoms with Crippen LogP contribution in [0.1, 0.15) is 16.9 Å². The number of aromatic nitrogens is 1. The van der Waals surface area contributed by atoms with Gasteiger partial charge in [0.15, 0.2) is 0 Å². The Morgan fingerprint density at radius 2 is 1.93 bits per heavy atom. The molecule has 15 heavy (non-hydrogen) atoms. The predicted molar refractivity (Wildman–Crippen MR) is 61.2 cm³/mol. The van der Waals surface area contributed by atoms with Crippen LogP contribution in [0.15, 0.2) is 22.7 Å². The summed E-state index contributed by atoms with van der Waals surface area (Å²) in [6.07, 6.45) is 0. The molecule has 0 aliphatic rings. The number of aryl methyl sites for hydroxylation is 2. The van der Waals surface area contributed by atoms with Crippen LogP contribution in [0.2, 0.25) is 5.02 Å². The van der Waals surface area contributed by atoms with E-state index in [1.54, 1.807) is 0 Å². The molecule has 0 saturated carbocycles. The number of benzene rings is 1. The van der Waals surface area contributed by atoms with Gasteiger partial charge in [-0.25, -0.2) is 0 Å². The molecule has 1 heterocycles. The third-order valence-corrected chi connectivity index (χ3v) is 2.93. The second-order valence-corrected chi connectivity index (χ2v) is 4.05. The van der Waals surface area contributed by atoms with Crippen molar-refractivity contribution in [1.82, 2.24) is 5.16 Å². The molecule has 3 heteroatoms. The van der Waals surface area contributed by atoms with Gasteiger partial charge in [0.25, 0.3) is 0 Å². The second-order valence-electron chi connectivity index (χ2n) is 3.64. The summed E-state index contributed by atoms with van der Waals surface area (Å²) in [4.78, 5) is 0. The van der Waals surface area contributed by atoms with Gasteiger partial charge in [0, 0.05) is 11.1 Å². The molecule has 2 rings (SSSR count). The third-order valence-electron chi connectivity index (χ3n) is 2.62. The molecule has 0 aliphatic heterocycles.